The number of aryl methyl sites for hydroxylation is 1. The van der Waals surface area contributed by atoms with Crippen LogP contribution in [0.2, 0.25) is 0 Å². The van der Waals surface area contributed by atoms with E-state index in [1.165, 1.54) is 24.3 Å². The maximum Gasteiger partial charge on any atom is 0.344 e. The van der Waals surface area contributed by atoms with E-state index in [-0.39, 0.29) is 25.7 Å². The van der Waals surface area contributed by atoms with Gasteiger partial charge in [0.05, 0.1) is 11.5 Å². The molecule has 4 rings (SSSR count). The van der Waals surface area contributed by atoms with Crippen molar-refractivity contribution in [3.05, 3.63) is 73.6 Å². The Morgan fingerprint density at radius 3 is 2.87 bits per heavy atom. The van der Waals surface area contributed by atoms with Crippen LogP contribution >= 0.6 is 0 Å². The first kappa shape index (κ1) is 20.4. The Bertz CT molecular complexity index is 1230. The molecule has 0 amide bonds. The molecule has 0 aliphatic carbocycles. The van der Waals surface area contributed by atoms with Gasteiger partial charge in [-0.1, -0.05) is 0 Å². The molecule has 3 aromatic rings. The van der Waals surface area contributed by atoms with Crippen LogP contribution in [-0.2, 0) is 27.5 Å². The van der Waals surface area contributed by atoms with Crippen molar-refractivity contribution in [3.63, 3.8) is 0 Å². The standard InChI is InChI=1S/C21H17NO9/c1-12-4-19(23)31-18-7-16(2-3-17(12)18)28-10-20(24)29-9-14-6-15(22(25)26)5-13-8-27-11-30-21(13)14/h2-7H,8-11H2,1H3. The summed E-state index contributed by atoms with van der Waals surface area (Å²) in [5.74, 6) is 0.0509. The number of rotatable bonds is 6. The van der Waals surface area contributed by atoms with Crippen LogP contribution in [0.3, 0.4) is 0 Å². The predicted molar refractivity (Wildman–Crippen MR) is 106 cm³/mol. The lowest BCUT2D eigenvalue weighted by Crippen LogP contribution is -2.17. The van der Waals surface area contributed by atoms with E-state index in [0.29, 0.717) is 28.2 Å². The van der Waals surface area contributed by atoms with E-state index >= 15 is 0 Å². The van der Waals surface area contributed by atoms with Gasteiger partial charge in [0.15, 0.2) is 13.4 Å². The Kier molecular flexibility index (Phi) is 5.54. The molecule has 1 aliphatic heterocycles. The lowest BCUT2D eigenvalue weighted by molar-refractivity contribution is -0.385. The second-order valence-electron chi connectivity index (χ2n) is 6.82. The molecular formula is C21H17NO9. The van der Waals surface area contributed by atoms with Crippen LogP contribution < -0.4 is 15.1 Å². The molecule has 0 saturated carbocycles. The van der Waals surface area contributed by atoms with Gasteiger partial charge >= 0.3 is 11.6 Å². The number of nitrogens with zero attached hydrogens (tertiary/aromatic N) is 1. The molecule has 0 atom stereocenters. The third-order valence-corrected chi connectivity index (χ3v) is 4.65. The Balaban J connectivity index is 1.42. The lowest BCUT2D eigenvalue weighted by Gasteiger charge is -2.20. The van der Waals surface area contributed by atoms with E-state index in [1.807, 2.05) is 0 Å². The largest absolute Gasteiger partial charge is 0.482 e. The van der Waals surface area contributed by atoms with Crippen LogP contribution in [0, 0.1) is 17.0 Å². The van der Waals surface area contributed by atoms with Gasteiger partial charge in [-0.15, -0.1) is 0 Å². The molecule has 2 aromatic carbocycles. The van der Waals surface area contributed by atoms with Crippen LogP contribution in [0.5, 0.6) is 11.5 Å². The molecule has 0 N–H and O–H groups in total. The van der Waals surface area contributed by atoms with Crippen molar-refractivity contribution in [3.8, 4) is 11.5 Å². The molecule has 31 heavy (non-hydrogen) atoms. The monoisotopic (exact) mass is 427 g/mol. The maximum atomic E-state index is 12.1. The van der Waals surface area contributed by atoms with Gasteiger partial charge in [0.2, 0.25) is 0 Å². The minimum absolute atomic E-state index is 0.00638. The van der Waals surface area contributed by atoms with Gasteiger partial charge in [-0.05, 0) is 24.6 Å². The van der Waals surface area contributed by atoms with Crippen molar-refractivity contribution in [2.75, 3.05) is 13.4 Å². The summed E-state index contributed by atoms with van der Waals surface area (Å²) >= 11 is 0. The highest BCUT2D eigenvalue weighted by Gasteiger charge is 2.22. The van der Waals surface area contributed by atoms with Gasteiger partial charge in [-0.3, -0.25) is 10.1 Å². The van der Waals surface area contributed by atoms with E-state index in [2.05, 4.69) is 0 Å². The number of hydrogen-bond donors (Lipinski definition) is 0. The Hall–Kier alpha value is -3.92. The molecule has 0 saturated heterocycles. The SMILES string of the molecule is Cc1cc(=O)oc2cc(OCC(=O)OCc3cc([N+](=O)[O-])cc4c3OCOC4)ccc12. The first-order chi connectivity index (χ1) is 14.9. The van der Waals surface area contributed by atoms with Crippen LogP contribution in [0.15, 0.2) is 45.6 Å². The van der Waals surface area contributed by atoms with Crippen molar-refractivity contribution < 1.29 is 33.1 Å². The number of esters is 1. The van der Waals surface area contributed by atoms with Crippen LogP contribution in [-0.4, -0.2) is 24.3 Å². The summed E-state index contributed by atoms with van der Waals surface area (Å²) in [6.07, 6.45) is 0. The zero-order valence-electron chi connectivity index (χ0n) is 16.4. The number of nitro benzene ring substituents is 1. The van der Waals surface area contributed by atoms with Crippen molar-refractivity contribution in [2.45, 2.75) is 20.1 Å². The van der Waals surface area contributed by atoms with E-state index in [9.17, 15) is 19.7 Å². The van der Waals surface area contributed by atoms with Gasteiger partial charge in [-0.25, -0.2) is 9.59 Å². The highest BCUT2D eigenvalue weighted by Crippen LogP contribution is 2.33. The maximum absolute atomic E-state index is 12.1. The molecule has 10 nitrogen and oxygen atoms in total. The average molecular weight is 427 g/mol. The summed E-state index contributed by atoms with van der Waals surface area (Å²) in [7, 11) is 0. The van der Waals surface area contributed by atoms with Gasteiger partial charge < -0.3 is 23.4 Å². The van der Waals surface area contributed by atoms with Gasteiger partial charge in [0.25, 0.3) is 5.69 Å². The second-order valence-corrected chi connectivity index (χ2v) is 6.82. The van der Waals surface area contributed by atoms with E-state index in [0.717, 1.165) is 10.9 Å². The summed E-state index contributed by atoms with van der Waals surface area (Å²) in [5.41, 5.74) is 1.36. The number of carbonyl (C=O) groups is 1. The van der Waals surface area contributed by atoms with E-state index in [4.69, 9.17) is 23.4 Å². The fraction of sp³-hybridized carbons (Fsp3) is 0.238. The van der Waals surface area contributed by atoms with Crippen LogP contribution in [0.1, 0.15) is 16.7 Å². The summed E-state index contributed by atoms with van der Waals surface area (Å²) in [6.45, 7) is 1.34. The van der Waals surface area contributed by atoms with Gasteiger partial charge in [0.1, 0.15) is 23.7 Å². The zero-order chi connectivity index (χ0) is 22.0. The summed E-state index contributed by atoms with van der Waals surface area (Å²) in [4.78, 5) is 34.3. The van der Waals surface area contributed by atoms with Crippen LogP contribution in [0.25, 0.3) is 11.0 Å². The average Bonchev–Trinajstić information content (AvgIpc) is 2.75. The minimum atomic E-state index is -0.682. The molecular weight excluding hydrogens is 410 g/mol. The Labute approximate surface area is 175 Å². The minimum Gasteiger partial charge on any atom is -0.482 e. The molecule has 2 heterocycles. The molecule has 1 aliphatic rings. The van der Waals surface area contributed by atoms with Gasteiger partial charge in [-0.2, -0.15) is 0 Å². The van der Waals surface area contributed by atoms with Crippen molar-refractivity contribution in [2.24, 2.45) is 0 Å². The summed E-state index contributed by atoms with van der Waals surface area (Å²) in [6, 6.07) is 8.94. The first-order valence-electron chi connectivity index (χ1n) is 9.24. The molecule has 0 unspecified atom stereocenters. The van der Waals surface area contributed by atoms with Crippen molar-refractivity contribution >= 4 is 22.6 Å². The molecule has 0 bridgehead atoms. The Morgan fingerprint density at radius 1 is 1.23 bits per heavy atom. The quantitative estimate of drug-likeness (QED) is 0.252. The third-order valence-electron chi connectivity index (χ3n) is 4.65. The van der Waals surface area contributed by atoms with Crippen molar-refractivity contribution in [1.82, 2.24) is 0 Å². The number of ether oxygens (including phenoxy) is 4. The number of fused-ring (bicyclic) bond motifs is 2. The number of carbonyl (C=O) groups excluding carboxylic acids is 1. The third kappa shape index (κ3) is 4.48. The molecule has 0 fully saturated rings. The van der Waals surface area contributed by atoms with Gasteiger partial charge in [0, 0.05) is 40.8 Å². The van der Waals surface area contributed by atoms with Crippen molar-refractivity contribution in [1.29, 1.82) is 0 Å². The number of benzene rings is 2. The van der Waals surface area contributed by atoms with E-state index < -0.39 is 23.1 Å². The topological polar surface area (TPSA) is 127 Å². The first-order valence-corrected chi connectivity index (χ1v) is 9.24. The highest BCUT2D eigenvalue weighted by molar-refractivity contribution is 5.81. The fourth-order valence-corrected chi connectivity index (χ4v) is 3.23. The lowest BCUT2D eigenvalue weighted by atomic mass is 10.1. The van der Waals surface area contributed by atoms with E-state index in [1.54, 1.807) is 19.1 Å². The normalized spacial score (nSPS) is 12.7. The smallest absolute Gasteiger partial charge is 0.344 e. The molecule has 0 spiro atoms. The fourth-order valence-electron chi connectivity index (χ4n) is 3.23. The molecule has 160 valence electrons. The Morgan fingerprint density at radius 2 is 2.06 bits per heavy atom. The second kappa shape index (κ2) is 8.44. The molecule has 0 radical (unpaired) electrons. The van der Waals surface area contributed by atoms with Crippen LogP contribution in [0.4, 0.5) is 5.69 Å². The molecule has 10 heteroatoms. The number of nitro groups is 1. The summed E-state index contributed by atoms with van der Waals surface area (Å²) < 4.78 is 26.3. The highest BCUT2D eigenvalue weighted by atomic mass is 16.7. The zero-order valence-corrected chi connectivity index (χ0v) is 16.4. The number of non-ortho nitro benzene ring substituents is 1. The predicted octanol–water partition coefficient (Wildman–Crippen LogP) is 3.00. The number of hydrogen-bond acceptors (Lipinski definition) is 9. The summed E-state index contributed by atoms with van der Waals surface area (Å²) in [5, 5.41) is 11.9. The molecule has 1 aromatic heterocycles.